The number of esters is 1. The first-order chi connectivity index (χ1) is 8.95. The van der Waals surface area contributed by atoms with Gasteiger partial charge in [0.05, 0.1) is 17.1 Å². The summed E-state index contributed by atoms with van der Waals surface area (Å²) < 4.78 is 4.67. The largest absolute Gasteiger partial charge is 0.478 e. The Morgan fingerprint density at radius 3 is 2.68 bits per heavy atom. The number of hydrogen-bond donors (Lipinski definition) is 2. The van der Waals surface area contributed by atoms with Crippen molar-refractivity contribution in [3.05, 3.63) is 33.9 Å². The molecule has 1 rings (SSSR count). The normalized spacial score (nSPS) is 9.74. The first-order valence-electron chi connectivity index (χ1n) is 5.37. The summed E-state index contributed by atoms with van der Waals surface area (Å²) in [6.07, 6.45) is 0. The Balaban J connectivity index is 2.91. The maximum absolute atomic E-state index is 11.1. The lowest BCUT2D eigenvalue weighted by atomic mass is 10.1. The van der Waals surface area contributed by atoms with Crippen molar-refractivity contribution < 1.29 is 24.4 Å². The first kappa shape index (κ1) is 14.4. The van der Waals surface area contributed by atoms with Gasteiger partial charge >= 0.3 is 11.9 Å². The summed E-state index contributed by atoms with van der Waals surface area (Å²) in [5, 5.41) is 22.1. The quantitative estimate of drug-likeness (QED) is 0.453. The third-order valence-electron chi connectivity index (χ3n) is 2.17. The zero-order valence-electron chi connectivity index (χ0n) is 10.1. The maximum atomic E-state index is 11.1. The van der Waals surface area contributed by atoms with Gasteiger partial charge in [0, 0.05) is 17.8 Å². The second kappa shape index (κ2) is 6.34. The van der Waals surface area contributed by atoms with Crippen LogP contribution in [0.5, 0.6) is 0 Å². The van der Waals surface area contributed by atoms with Gasteiger partial charge in [0.2, 0.25) is 0 Å². The third-order valence-corrected chi connectivity index (χ3v) is 2.17. The topological polar surface area (TPSA) is 119 Å². The van der Waals surface area contributed by atoms with Crippen LogP contribution in [-0.2, 0) is 9.53 Å². The van der Waals surface area contributed by atoms with Crippen LogP contribution in [0.25, 0.3) is 0 Å². The summed E-state index contributed by atoms with van der Waals surface area (Å²) in [5.74, 6) is -1.87. The molecule has 102 valence electrons. The third kappa shape index (κ3) is 3.95. The number of nitrogens with one attached hydrogen (secondary N) is 1. The van der Waals surface area contributed by atoms with E-state index in [2.05, 4.69) is 10.1 Å². The Morgan fingerprint density at radius 1 is 1.47 bits per heavy atom. The van der Waals surface area contributed by atoms with Gasteiger partial charge in [-0.05, 0) is 13.0 Å². The average molecular weight is 268 g/mol. The monoisotopic (exact) mass is 268 g/mol. The Hall–Kier alpha value is -2.64. The van der Waals surface area contributed by atoms with E-state index in [1.54, 1.807) is 6.92 Å². The number of benzene rings is 1. The van der Waals surface area contributed by atoms with Gasteiger partial charge in [0.25, 0.3) is 5.69 Å². The lowest BCUT2D eigenvalue weighted by Crippen LogP contribution is -2.18. The van der Waals surface area contributed by atoms with Crippen LogP contribution in [0.4, 0.5) is 11.4 Å². The molecule has 0 saturated carbocycles. The number of nitro benzene ring substituents is 1. The Bertz CT molecular complexity index is 514. The molecule has 0 fully saturated rings. The molecule has 0 heterocycles. The molecule has 8 heteroatoms. The predicted octanol–water partition coefficient (Wildman–Crippen LogP) is 1.27. The Kier molecular flexibility index (Phi) is 4.81. The van der Waals surface area contributed by atoms with Gasteiger partial charge in [0.1, 0.15) is 6.54 Å². The summed E-state index contributed by atoms with van der Waals surface area (Å²) in [6, 6.07) is 3.32. The van der Waals surface area contributed by atoms with E-state index in [9.17, 15) is 19.7 Å². The van der Waals surface area contributed by atoms with Crippen LogP contribution in [0.15, 0.2) is 18.2 Å². The minimum atomic E-state index is -1.32. The molecule has 0 spiro atoms. The van der Waals surface area contributed by atoms with Crippen LogP contribution in [0.2, 0.25) is 0 Å². The maximum Gasteiger partial charge on any atom is 0.338 e. The van der Waals surface area contributed by atoms with Crippen LogP contribution in [0.1, 0.15) is 17.3 Å². The number of carboxylic acid groups (broad SMARTS) is 1. The number of non-ortho nitro benzene ring substituents is 1. The van der Waals surface area contributed by atoms with Gasteiger partial charge < -0.3 is 15.2 Å². The molecule has 2 N–H and O–H groups in total. The molecule has 0 radical (unpaired) electrons. The van der Waals surface area contributed by atoms with Gasteiger partial charge in [0.15, 0.2) is 0 Å². The minimum absolute atomic E-state index is 0.117. The molecule has 0 amide bonds. The van der Waals surface area contributed by atoms with Crippen molar-refractivity contribution in [1.82, 2.24) is 0 Å². The number of carboxylic acids is 1. The number of nitro groups is 1. The van der Waals surface area contributed by atoms with E-state index >= 15 is 0 Å². The smallest absolute Gasteiger partial charge is 0.338 e. The summed E-state index contributed by atoms with van der Waals surface area (Å²) in [4.78, 5) is 32.0. The van der Waals surface area contributed by atoms with Gasteiger partial charge in [-0.3, -0.25) is 14.9 Å². The van der Waals surface area contributed by atoms with Crippen LogP contribution < -0.4 is 5.32 Å². The lowest BCUT2D eigenvalue weighted by Gasteiger charge is -2.08. The minimum Gasteiger partial charge on any atom is -0.478 e. The zero-order valence-corrected chi connectivity index (χ0v) is 10.1. The fourth-order valence-corrected chi connectivity index (χ4v) is 1.36. The number of carbonyl (C=O) groups is 2. The standard InChI is InChI=1S/C11H12N2O6/c1-2-19-10(14)6-12-9-4-3-7(13(17)18)5-8(9)11(15)16/h3-5,12H,2,6H2,1H3,(H,15,16). The summed E-state index contributed by atoms with van der Waals surface area (Å²) in [7, 11) is 0. The van der Waals surface area contributed by atoms with Crippen LogP contribution in [0, 0.1) is 10.1 Å². The van der Waals surface area contributed by atoms with Crippen molar-refractivity contribution in [1.29, 1.82) is 0 Å². The van der Waals surface area contributed by atoms with E-state index in [4.69, 9.17) is 5.11 Å². The highest BCUT2D eigenvalue weighted by Gasteiger charge is 2.16. The number of rotatable bonds is 6. The Morgan fingerprint density at radius 2 is 2.16 bits per heavy atom. The lowest BCUT2D eigenvalue weighted by molar-refractivity contribution is -0.384. The van der Waals surface area contributed by atoms with Gasteiger partial charge in [-0.1, -0.05) is 0 Å². The van der Waals surface area contributed by atoms with E-state index in [0.717, 1.165) is 12.1 Å². The van der Waals surface area contributed by atoms with Gasteiger partial charge in [-0.2, -0.15) is 0 Å². The Labute approximate surface area is 108 Å². The number of ether oxygens (including phenoxy) is 1. The molecule has 0 aliphatic heterocycles. The van der Waals surface area contributed by atoms with Crippen molar-refractivity contribution in [2.24, 2.45) is 0 Å². The highest BCUT2D eigenvalue weighted by molar-refractivity contribution is 5.95. The SMILES string of the molecule is CCOC(=O)CNc1ccc([N+](=O)[O-])cc1C(=O)O. The summed E-state index contributed by atoms with van der Waals surface area (Å²) >= 11 is 0. The molecule has 0 aromatic heterocycles. The van der Waals surface area contributed by atoms with Crippen molar-refractivity contribution in [2.75, 3.05) is 18.5 Å². The zero-order chi connectivity index (χ0) is 14.4. The van der Waals surface area contributed by atoms with E-state index in [-0.39, 0.29) is 30.1 Å². The second-order valence-corrected chi connectivity index (χ2v) is 3.45. The van der Waals surface area contributed by atoms with Crippen LogP contribution in [-0.4, -0.2) is 35.1 Å². The fraction of sp³-hybridized carbons (Fsp3) is 0.273. The molecule has 19 heavy (non-hydrogen) atoms. The van der Waals surface area contributed by atoms with Crippen LogP contribution in [0.3, 0.4) is 0 Å². The van der Waals surface area contributed by atoms with Crippen molar-refractivity contribution in [2.45, 2.75) is 6.92 Å². The van der Waals surface area contributed by atoms with Crippen molar-refractivity contribution >= 4 is 23.3 Å². The predicted molar refractivity (Wildman–Crippen MR) is 65.2 cm³/mol. The molecule has 1 aromatic rings. The molecule has 8 nitrogen and oxygen atoms in total. The molecule has 0 unspecified atom stereocenters. The second-order valence-electron chi connectivity index (χ2n) is 3.45. The van der Waals surface area contributed by atoms with Gasteiger partial charge in [-0.25, -0.2) is 4.79 Å². The molecule has 0 aliphatic carbocycles. The molecule has 0 bridgehead atoms. The summed E-state index contributed by atoms with van der Waals surface area (Å²) in [6.45, 7) is 1.64. The van der Waals surface area contributed by atoms with Crippen molar-refractivity contribution in [3.63, 3.8) is 0 Å². The molecular weight excluding hydrogens is 256 g/mol. The van der Waals surface area contributed by atoms with Gasteiger partial charge in [-0.15, -0.1) is 0 Å². The number of anilines is 1. The molecule has 1 aromatic carbocycles. The summed E-state index contributed by atoms with van der Waals surface area (Å²) in [5.41, 5.74) is -0.497. The molecule has 0 saturated heterocycles. The highest BCUT2D eigenvalue weighted by Crippen LogP contribution is 2.22. The van der Waals surface area contributed by atoms with E-state index in [1.807, 2.05) is 0 Å². The fourth-order valence-electron chi connectivity index (χ4n) is 1.36. The molecule has 0 atom stereocenters. The average Bonchev–Trinajstić information content (AvgIpc) is 2.36. The number of carbonyl (C=O) groups excluding carboxylic acids is 1. The molecule has 0 aliphatic rings. The van der Waals surface area contributed by atoms with E-state index in [0.29, 0.717) is 0 Å². The first-order valence-corrected chi connectivity index (χ1v) is 5.37. The van der Waals surface area contributed by atoms with Crippen LogP contribution >= 0.6 is 0 Å². The van der Waals surface area contributed by atoms with E-state index in [1.165, 1.54) is 6.07 Å². The number of aromatic carboxylic acids is 1. The molecular formula is C11H12N2O6. The number of hydrogen-bond acceptors (Lipinski definition) is 6. The van der Waals surface area contributed by atoms with Crippen molar-refractivity contribution in [3.8, 4) is 0 Å². The highest BCUT2D eigenvalue weighted by atomic mass is 16.6. The van der Waals surface area contributed by atoms with E-state index < -0.39 is 16.9 Å². The number of nitrogens with zero attached hydrogens (tertiary/aromatic N) is 1.